The van der Waals surface area contributed by atoms with E-state index in [1.54, 1.807) is 20.8 Å². The zero-order valence-corrected chi connectivity index (χ0v) is 16.9. The number of nitrogens with one attached hydrogen (secondary N) is 2. The molecule has 1 saturated heterocycles. The molecule has 0 aromatic heterocycles. The van der Waals surface area contributed by atoms with Crippen LogP contribution in [0.3, 0.4) is 0 Å². The van der Waals surface area contributed by atoms with Crippen molar-refractivity contribution in [1.82, 2.24) is 10.6 Å². The van der Waals surface area contributed by atoms with Gasteiger partial charge in [-0.05, 0) is 45.7 Å². The molecule has 3 N–H and O–H groups in total. The highest BCUT2D eigenvalue weighted by molar-refractivity contribution is 5.80. The van der Waals surface area contributed by atoms with Crippen LogP contribution in [0.15, 0.2) is 30.3 Å². The number of aliphatic carboxylic acids is 1. The molecule has 0 aliphatic carbocycles. The molecule has 0 radical (unpaired) electrons. The first kappa shape index (κ1) is 23.4. The molecule has 8 heteroatoms. The zero-order valence-electron chi connectivity index (χ0n) is 16.9. The van der Waals surface area contributed by atoms with Gasteiger partial charge in [0.15, 0.2) is 0 Å². The summed E-state index contributed by atoms with van der Waals surface area (Å²) < 4.78 is 9.58. The lowest BCUT2D eigenvalue weighted by Crippen LogP contribution is -2.44. The Balaban J connectivity index is 0.000000362. The summed E-state index contributed by atoms with van der Waals surface area (Å²) in [5.41, 5.74) is 0.186. The van der Waals surface area contributed by atoms with E-state index >= 15 is 0 Å². The Hall–Kier alpha value is -2.61. The molecule has 1 heterocycles. The Morgan fingerprint density at radius 2 is 1.89 bits per heavy atom. The van der Waals surface area contributed by atoms with Crippen LogP contribution in [0, 0.1) is 0 Å². The SMILES string of the molecule is CC(C)(C)OC(=O)N[C@H](Cc1ccccc1)C(=O)O.COC(=O)[C@@H]1CCCN1. The van der Waals surface area contributed by atoms with Gasteiger partial charge in [0.1, 0.15) is 17.7 Å². The van der Waals surface area contributed by atoms with Crippen molar-refractivity contribution >= 4 is 18.0 Å². The van der Waals surface area contributed by atoms with Crippen LogP contribution in [-0.2, 0) is 25.5 Å². The Kier molecular flexibility index (Phi) is 9.44. The number of methoxy groups -OCH3 is 1. The first-order chi connectivity index (χ1) is 13.1. The summed E-state index contributed by atoms with van der Waals surface area (Å²) in [6.07, 6.45) is 1.50. The number of hydrogen-bond acceptors (Lipinski definition) is 6. The minimum absolute atomic E-state index is 0.0324. The van der Waals surface area contributed by atoms with Gasteiger partial charge in [-0.25, -0.2) is 9.59 Å². The number of ether oxygens (including phenoxy) is 2. The van der Waals surface area contributed by atoms with Crippen molar-refractivity contribution in [2.75, 3.05) is 13.7 Å². The Labute approximate surface area is 165 Å². The number of rotatable bonds is 5. The predicted molar refractivity (Wildman–Crippen MR) is 104 cm³/mol. The Bertz CT molecular complexity index is 636. The molecular weight excluding hydrogens is 364 g/mol. The summed E-state index contributed by atoms with van der Waals surface area (Å²) in [6, 6.07) is 8.08. The molecule has 2 rings (SSSR count). The van der Waals surface area contributed by atoms with Crippen LogP contribution >= 0.6 is 0 Å². The fourth-order valence-corrected chi connectivity index (χ4v) is 2.53. The minimum Gasteiger partial charge on any atom is -0.480 e. The van der Waals surface area contributed by atoms with Crippen molar-refractivity contribution in [2.24, 2.45) is 0 Å². The molecule has 0 unspecified atom stereocenters. The summed E-state index contributed by atoms with van der Waals surface area (Å²) in [5, 5.41) is 14.5. The summed E-state index contributed by atoms with van der Waals surface area (Å²) in [4.78, 5) is 33.4. The van der Waals surface area contributed by atoms with E-state index in [-0.39, 0.29) is 18.4 Å². The highest BCUT2D eigenvalue weighted by Crippen LogP contribution is 2.08. The van der Waals surface area contributed by atoms with Crippen LogP contribution in [0.4, 0.5) is 4.79 Å². The van der Waals surface area contributed by atoms with Gasteiger partial charge in [0.2, 0.25) is 0 Å². The van der Waals surface area contributed by atoms with Crippen molar-refractivity contribution in [1.29, 1.82) is 0 Å². The van der Waals surface area contributed by atoms with Crippen LogP contribution in [0.25, 0.3) is 0 Å². The molecule has 0 bridgehead atoms. The van der Waals surface area contributed by atoms with Gasteiger partial charge in [-0.2, -0.15) is 0 Å². The molecule has 1 amide bonds. The number of carbonyl (C=O) groups is 3. The maximum absolute atomic E-state index is 11.6. The molecule has 156 valence electrons. The lowest BCUT2D eigenvalue weighted by atomic mass is 10.1. The fraction of sp³-hybridized carbons (Fsp3) is 0.550. The van der Waals surface area contributed by atoms with Gasteiger partial charge < -0.3 is 25.2 Å². The largest absolute Gasteiger partial charge is 0.480 e. The van der Waals surface area contributed by atoms with E-state index in [9.17, 15) is 14.4 Å². The molecule has 1 fully saturated rings. The normalized spacial score (nSPS) is 16.9. The van der Waals surface area contributed by atoms with Crippen molar-refractivity contribution in [2.45, 2.75) is 57.7 Å². The fourth-order valence-electron chi connectivity index (χ4n) is 2.53. The molecule has 1 aromatic rings. The number of amides is 1. The highest BCUT2D eigenvalue weighted by Gasteiger charge is 2.24. The monoisotopic (exact) mass is 394 g/mol. The van der Waals surface area contributed by atoms with E-state index in [1.165, 1.54) is 7.11 Å². The number of carbonyl (C=O) groups excluding carboxylic acids is 2. The van der Waals surface area contributed by atoms with Crippen LogP contribution in [0.5, 0.6) is 0 Å². The van der Waals surface area contributed by atoms with Crippen molar-refractivity contribution in [3.8, 4) is 0 Å². The summed E-state index contributed by atoms with van der Waals surface area (Å²) in [6.45, 7) is 6.11. The predicted octanol–water partition coefficient (Wildman–Crippen LogP) is 2.12. The molecule has 1 aliphatic heterocycles. The molecular formula is C20H30N2O6. The van der Waals surface area contributed by atoms with E-state index in [0.717, 1.165) is 24.9 Å². The minimum atomic E-state index is -1.09. The van der Waals surface area contributed by atoms with Crippen LogP contribution < -0.4 is 10.6 Å². The van der Waals surface area contributed by atoms with Crippen LogP contribution in [-0.4, -0.2) is 54.5 Å². The topological polar surface area (TPSA) is 114 Å². The highest BCUT2D eigenvalue weighted by atomic mass is 16.6. The van der Waals surface area contributed by atoms with E-state index < -0.39 is 23.7 Å². The maximum atomic E-state index is 11.6. The Morgan fingerprint density at radius 1 is 1.25 bits per heavy atom. The summed E-state index contributed by atoms with van der Waals surface area (Å²) in [5.74, 6) is -1.22. The van der Waals surface area contributed by atoms with Crippen LogP contribution in [0.2, 0.25) is 0 Å². The lowest BCUT2D eigenvalue weighted by molar-refractivity contribution is -0.142. The zero-order chi connectivity index (χ0) is 21.2. The molecule has 0 saturated carbocycles. The average molecular weight is 394 g/mol. The smallest absolute Gasteiger partial charge is 0.408 e. The van der Waals surface area contributed by atoms with Crippen molar-refractivity contribution in [3.63, 3.8) is 0 Å². The van der Waals surface area contributed by atoms with Gasteiger partial charge in [0, 0.05) is 6.42 Å². The molecule has 1 aliphatic rings. The second kappa shape index (κ2) is 11.3. The van der Waals surface area contributed by atoms with Gasteiger partial charge in [0.25, 0.3) is 0 Å². The average Bonchev–Trinajstić information content (AvgIpc) is 3.15. The summed E-state index contributed by atoms with van der Waals surface area (Å²) in [7, 11) is 1.42. The van der Waals surface area contributed by atoms with Gasteiger partial charge >= 0.3 is 18.0 Å². The van der Waals surface area contributed by atoms with E-state index in [0.29, 0.717) is 0 Å². The molecule has 1 aromatic carbocycles. The van der Waals surface area contributed by atoms with E-state index in [2.05, 4.69) is 15.4 Å². The third-order valence-corrected chi connectivity index (χ3v) is 3.82. The number of alkyl carbamates (subject to hydrolysis) is 1. The van der Waals surface area contributed by atoms with E-state index in [4.69, 9.17) is 9.84 Å². The third-order valence-electron chi connectivity index (χ3n) is 3.82. The molecule has 2 atom stereocenters. The van der Waals surface area contributed by atoms with Crippen molar-refractivity contribution < 1.29 is 29.0 Å². The number of carboxylic acid groups (broad SMARTS) is 1. The number of carboxylic acids is 1. The van der Waals surface area contributed by atoms with Crippen LogP contribution in [0.1, 0.15) is 39.2 Å². The number of benzene rings is 1. The number of hydrogen-bond donors (Lipinski definition) is 3. The van der Waals surface area contributed by atoms with Gasteiger partial charge in [-0.1, -0.05) is 30.3 Å². The standard InChI is InChI=1S/C14H19NO4.C6H11NO2/c1-14(2,3)19-13(18)15-11(12(16)17)9-10-7-5-4-6-8-10;1-9-6(8)5-3-2-4-7-5/h4-8,11H,9H2,1-3H3,(H,15,18)(H,16,17);5,7H,2-4H2,1H3/t11-;5-/m10/s1. The van der Waals surface area contributed by atoms with E-state index in [1.807, 2.05) is 30.3 Å². The lowest BCUT2D eigenvalue weighted by Gasteiger charge is -2.22. The number of esters is 1. The first-order valence-electron chi connectivity index (χ1n) is 9.20. The van der Waals surface area contributed by atoms with Crippen molar-refractivity contribution in [3.05, 3.63) is 35.9 Å². The first-order valence-corrected chi connectivity index (χ1v) is 9.20. The summed E-state index contributed by atoms with van der Waals surface area (Å²) >= 11 is 0. The van der Waals surface area contributed by atoms with Gasteiger partial charge in [0.05, 0.1) is 7.11 Å². The van der Waals surface area contributed by atoms with Gasteiger partial charge in [-0.3, -0.25) is 4.79 Å². The van der Waals surface area contributed by atoms with Gasteiger partial charge in [-0.15, -0.1) is 0 Å². The second-order valence-electron chi connectivity index (χ2n) is 7.40. The quantitative estimate of drug-likeness (QED) is 0.656. The molecule has 8 nitrogen and oxygen atoms in total. The third kappa shape index (κ3) is 9.36. The Morgan fingerprint density at radius 3 is 2.36 bits per heavy atom. The molecule has 28 heavy (non-hydrogen) atoms. The second-order valence-corrected chi connectivity index (χ2v) is 7.40. The molecule has 0 spiro atoms. The maximum Gasteiger partial charge on any atom is 0.408 e.